The van der Waals surface area contributed by atoms with Crippen LogP contribution >= 0.6 is 0 Å². The van der Waals surface area contributed by atoms with Crippen molar-refractivity contribution in [3.8, 4) is 5.75 Å². The first-order valence-electron chi connectivity index (χ1n) is 13.1. The third-order valence-electron chi connectivity index (χ3n) is 7.23. The zero-order chi connectivity index (χ0) is 25.3. The van der Waals surface area contributed by atoms with Gasteiger partial charge in [0.1, 0.15) is 5.75 Å². The molecule has 3 rings (SSSR count). The van der Waals surface area contributed by atoms with Crippen molar-refractivity contribution < 1.29 is 26.7 Å². The third-order valence-corrected chi connectivity index (χ3v) is 7.23. The Morgan fingerprint density at radius 2 is 1.31 bits per heavy atom. The molecule has 0 saturated heterocycles. The lowest BCUT2D eigenvalue weighted by atomic mass is 9.77. The average Bonchev–Trinajstić information content (AvgIpc) is 2.84. The van der Waals surface area contributed by atoms with E-state index in [2.05, 4.69) is 11.7 Å². The fourth-order valence-electron chi connectivity index (χ4n) is 5.10. The van der Waals surface area contributed by atoms with Crippen LogP contribution in [-0.2, 0) is 6.11 Å². The smallest absolute Gasteiger partial charge is 0.426 e. The van der Waals surface area contributed by atoms with E-state index in [1.165, 1.54) is 82.8 Å². The SMILES string of the molecule is CCCCCCCCCC[C@H]1CC[C@H](c2ccc(C(F)(F)Oc3cc(F)c(F)c(F)c3)cc2)CC1. The van der Waals surface area contributed by atoms with Gasteiger partial charge in [-0.2, -0.15) is 8.78 Å². The highest BCUT2D eigenvalue weighted by Gasteiger charge is 2.35. The van der Waals surface area contributed by atoms with Gasteiger partial charge in [-0.25, -0.2) is 13.2 Å². The molecule has 0 spiro atoms. The third kappa shape index (κ3) is 8.22. The number of hydrogen-bond acceptors (Lipinski definition) is 1. The van der Waals surface area contributed by atoms with E-state index < -0.39 is 34.9 Å². The Morgan fingerprint density at radius 1 is 0.771 bits per heavy atom. The highest BCUT2D eigenvalue weighted by atomic mass is 19.3. The second-order valence-electron chi connectivity index (χ2n) is 9.92. The molecule has 35 heavy (non-hydrogen) atoms. The normalized spacial score (nSPS) is 18.6. The molecule has 0 unspecified atom stereocenters. The van der Waals surface area contributed by atoms with Gasteiger partial charge in [0.05, 0.1) is 5.56 Å². The minimum Gasteiger partial charge on any atom is -0.429 e. The molecule has 0 atom stereocenters. The number of ether oxygens (including phenoxy) is 1. The van der Waals surface area contributed by atoms with Crippen LogP contribution in [0.4, 0.5) is 22.0 Å². The Morgan fingerprint density at radius 3 is 1.89 bits per heavy atom. The topological polar surface area (TPSA) is 9.23 Å². The second kappa shape index (κ2) is 13.3. The van der Waals surface area contributed by atoms with Gasteiger partial charge in [0.15, 0.2) is 17.5 Å². The average molecular weight is 497 g/mol. The molecule has 0 heterocycles. The molecule has 194 valence electrons. The van der Waals surface area contributed by atoms with E-state index >= 15 is 0 Å². The first-order valence-corrected chi connectivity index (χ1v) is 13.1. The predicted octanol–water partition coefficient (Wildman–Crippen LogP) is 10.0. The Bertz CT molecular complexity index is 881. The van der Waals surface area contributed by atoms with E-state index in [1.54, 1.807) is 12.1 Å². The van der Waals surface area contributed by atoms with Gasteiger partial charge in [0.25, 0.3) is 0 Å². The van der Waals surface area contributed by atoms with Crippen LogP contribution in [0.15, 0.2) is 36.4 Å². The molecule has 6 heteroatoms. The molecular weight excluding hydrogens is 459 g/mol. The number of halogens is 5. The summed E-state index contributed by atoms with van der Waals surface area (Å²) in [5.41, 5.74) is 0.601. The van der Waals surface area contributed by atoms with Crippen LogP contribution in [0.5, 0.6) is 5.75 Å². The zero-order valence-electron chi connectivity index (χ0n) is 20.6. The lowest BCUT2D eigenvalue weighted by Crippen LogP contribution is -2.22. The molecule has 1 aliphatic rings. The first kappa shape index (κ1) is 27.5. The van der Waals surface area contributed by atoms with Crippen molar-refractivity contribution in [3.05, 3.63) is 65.0 Å². The molecule has 0 bridgehead atoms. The van der Waals surface area contributed by atoms with Gasteiger partial charge in [0.2, 0.25) is 0 Å². The summed E-state index contributed by atoms with van der Waals surface area (Å²) < 4.78 is 73.2. The summed E-state index contributed by atoms with van der Waals surface area (Å²) in [6.07, 6.45) is 12.6. The van der Waals surface area contributed by atoms with Crippen LogP contribution in [0.25, 0.3) is 0 Å². The summed E-state index contributed by atoms with van der Waals surface area (Å²) in [5.74, 6) is -4.54. The molecule has 0 radical (unpaired) electrons. The lowest BCUT2D eigenvalue weighted by Gasteiger charge is -2.29. The molecule has 2 aromatic carbocycles. The number of unbranched alkanes of at least 4 members (excludes halogenated alkanes) is 7. The summed E-state index contributed by atoms with van der Waals surface area (Å²) >= 11 is 0. The quantitative estimate of drug-likeness (QED) is 0.152. The van der Waals surface area contributed by atoms with Gasteiger partial charge < -0.3 is 4.74 Å². The summed E-state index contributed by atoms with van der Waals surface area (Å²) in [6, 6.07) is 6.76. The van der Waals surface area contributed by atoms with E-state index in [0.29, 0.717) is 18.1 Å². The van der Waals surface area contributed by atoms with Crippen LogP contribution in [-0.4, -0.2) is 0 Å². The fourth-order valence-corrected chi connectivity index (χ4v) is 5.10. The van der Waals surface area contributed by atoms with Crippen LogP contribution in [0.1, 0.15) is 107 Å². The standard InChI is InChI=1S/C29H37F5O/c1-2-3-4-5-6-7-8-9-10-21-11-13-22(14-12-21)23-15-17-24(18-16-23)29(33,34)35-25-19-26(30)28(32)27(31)20-25/h15-22H,2-14H2,1H3/t21-,22-. The van der Waals surface area contributed by atoms with Crippen LogP contribution in [0.2, 0.25) is 0 Å². The highest BCUT2D eigenvalue weighted by Crippen LogP contribution is 2.39. The molecule has 1 nitrogen and oxygen atoms in total. The Kier molecular flexibility index (Phi) is 10.4. The molecule has 2 aromatic rings. The maximum Gasteiger partial charge on any atom is 0.426 e. The largest absolute Gasteiger partial charge is 0.429 e. The highest BCUT2D eigenvalue weighted by molar-refractivity contribution is 5.30. The van der Waals surface area contributed by atoms with Crippen molar-refractivity contribution in [2.24, 2.45) is 5.92 Å². The van der Waals surface area contributed by atoms with E-state index in [1.807, 2.05) is 0 Å². The monoisotopic (exact) mass is 496 g/mol. The Hall–Kier alpha value is -2.11. The van der Waals surface area contributed by atoms with Gasteiger partial charge in [-0.1, -0.05) is 76.8 Å². The molecular formula is C29H37F5O. The maximum absolute atomic E-state index is 14.5. The van der Waals surface area contributed by atoms with Gasteiger partial charge in [0, 0.05) is 12.1 Å². The van der Waals surface area contributed by atoms with E-state index in [9.17, 15) is 22.0 Å². The summed E-state index contributed by atoms with van der Waals surface area (Å²) in [5, 5.41) is 0. The van der Waals surface area contributed by atoms with E-state index in [0.717, 1.165) is 24.3 Å². The molecule has 1 saturated carbocycles. The number of alkyl halides is 2. The second-order valence-corrected chi connectivity index (χ2v) is 9.92. The first-order chi connectivity index (χ1) is 16.8. The maximum atomic E-state index is 14.5. The number of benzene rings is 2. The van der Waals surface area contributed by atoms with E-state index in [-0.39, 0.29) is 0 Å². The molecule has 0 aliphatic heterocycles. The van der Waals surface area contributed by atoms with E-state index in [4.69, 9.17) is 0 Å². The molecule has 0 N–H and O–H groups in total. The van der Waals surface area contributed by atoms with Crippen molar-refractivity contribution in [1.82, 2.24) is 0 Å². The van der Waals surface area contributed by atoms with Crippen molar-refractivity contribution in [3.63, 3.8) is 0 Å². The van der Waals surface area contributed by atoms with Gasteiger partial charge in [-0.15, -0.1) is 0 Å². The van der Waals surface area contributed by atoms with Gasteiger partial charge in [-0.3, -0.25) is 0 Å². The van der Waals surface area contributed by atoms with Crippen molar-refractivity contribution >= 4 is 0 Å². The van der Waals surface area contributed by atoms with Crippen LogP contribution in [0.3, 0.4) is 0 Å². The van der Waals surface area contributed by atoms with Gasteiger partial charge in [-0.05, 0) is 55.2 Å². The predicted molar refractivity (Wildman–Crippen MR) is 129 cm³/mol. The fraction of sp³-hybridized carbons (Fsp3) is 0.586. The van der Waals surface area contributed by atoms with Crippen molar-refractivity contribution in [2.45, 2.75) is 102 Å². The van der Waals surface area contributed by atoms with Gasteiger partial charge >= 0.3 is 6.11 Å². The Balaban J connectivity index is 1.43. The lowest BCUT2D eigenvalue weighted by molar-refractivity contribution is -0.185. The minimum absolute atomic E-state index is 0.355. The van der Waals surface area contributed by atoms with Crippen molar-refractivity contribution in [2.75, 3.05) is 0 Å². The molecule has 1 fully saturated rings. The summed E-state index contributed by atoms with van der Waals surface area (Å²) in [4.78, 5) is 0. The van der Waals surface area contributed by atoms with Crippen LogP contribution in [0, 0.1) is 23.4 Å². The summed E-state index contributed by atoms with van der Waals surface area (Å²) in [7, 11) is 0. The Labute approximate surface area is 206 Å². The number of hydrogen-bond donors (Lipinski definition) is 0. The molecule has 0 amide bonds. The summed E-state index contributed by atoms with van der Waals surface area (Å²) in [6.45, 7) is 2.24. The number of rotatable bonds is 13. The molecule has 1 aliphatic carbocycles. The zero-order valence-corrected chi connectivity index (χ0v) is 20.6. The minimum atomic E-state index is -3.80. The molecule has 0 aromatic heterocycles. The van der Waals surface area contributed by atoms with Crippen molar-refractivity contribution in [1.29, 1.82) is 0 Å². The van der Waals surface area contributed by atoms with Crippen LogP contribution < -0.4 is 4.74 Å².